The van der Waals surface area contributed by atoms with Crippen molar-refractivity contribution in [1.82, 2.24) is 14.9 Å². The van der Waals surface area contributed by atoms with Gasteiger partial charge in [0.2, 0.25) is 0 Å². The van der Waals surface area contributed by atoms with Crippen molar-refractivity contribution in [3.63, 3.8) is 0 Å². The monoisotopic (exact) mass is 418 g/mol. The van der Waals surface area contributed by atoms with Crippen LogP contribution in [0.2, 0.25) is 0 Å². The average Bonchev–Trinajstić information content (AvgIpc) is 3.30. The molecule has 0 aliphatic carbocycles. The van der Waals surface area contributed by atoms with Crippen LogP contribution in [0.3, 0.4) is 0 Å². The molecule has 0 bridgehead atoms. The van der Waals surface area contributed by atoms with E-state index in [1.807, 2.05) is 12.1 Å². The molecule has 0 radical (unpaired) electrons. The number of ether oxygens (including phenoxy) is 2. The number of amides is 1. The van der Waals surface area contributed by atoms with E-state index >= 15 is 0 Å². The SMILES string of the molecule is N#Cc1ccc(OCC(=O)N(Cc2nc3ccccc3c(=O)[nH]2)C[C@H]2CCCO2)cc1. The molecule has 8 heteroatoms. The van der Waals surface area contributed by atoms with Gasteiger partial charge in [0, 0.05) is 13.2 Å². The van der Waals surface area contributed by atoms with Crippen molar-refractivity contribution >= 4 is 16.8 Å². The third-order valence-corrected chi connectivity index (χ3v) is 5.15. The first kappa shape index (κ1) is 20.6. The number of hydrogen-bond acceptors (Lipinski definition) is 6. The Morgan fingerprint density at radius 3 is 2.81 bits per heavy atom. The summed E-state index contributed by atoms with van der Waals surface area (Å²) in [5.41, 5.74) is 0.864. The quantitative estimate of drug-likeness (QED) is 0.631. The first-order chi connectivity index (χ1) is 15.1. The molecule has 8 nitrogen and oxygen atoms in total. The minimum atomic E-state index is -0.240. The minimum Gasteiger partial charge on any atom is -0.484 e. The summed E-state index contributed by atoms with van der Waals surface area (Å²) in [5.74, 6) is 0.672. The lowest BCUT2D eigenvalue weighted by molar-refractivity contribution is -0.135. The highest BCUT2D eigenvalue weighted by Crippen LogP contribution is 2.16. The summed E-state index contributed by atoms with van der Waals surface area (Å²) in [7, 11) is 0. The molecule has 2 aromatic carbocycles. The van der Waals surface area contributed by atoms with Crippen LogP contribution in [0.25, 0.3) is 10.9 Å². The fraction of sp³-hybridized carbons (Fsp3) is 0.304. The van der Waals surface area contributed by atoms with Gasteiger partial charge in [-0.05, 0) is 49.2 Å². The highest BCUT2D eigenvalue weighted by atomic mass is 16.5. The molecule has 0 saturated carbocycles. The minimum absolute atomic E-state index is 0.0500. The van der Waals surface area contributed by atoms with Crippen molar-refractivity contribution in [2.24, 2.45) is 0 Å². The standard InChI is InChI=1S/C23H22N4O4/c24-12-16-7-9-17(10-8-16)31-15-22(28)27(13-18-4-3-11-30-18)14-21-25-20-6-2-1-5-19(20)23(29)26-21/h1-2,5-10,18H,3-4,11,13-15H2,(H,25,26,29)/t18-/m1/s1. The van der Waals surface area contributed by atoms with E-state index in [4.69, 9.17) is 14.7 Å². The number of rotatable bonds is 7. The second kappa shape index (κ2) is 9.41. The zero-order valence-corrected chi connectivity index (χ0v) is 16.9. The maximum Gasteiger partial charge on any atom is 0.261 e. The molecule has 1 aromatic heterocycles. The van der Waals surface area contributed by atoms with Gasteiger partial charge in [-0.1, -0.05) is 12.1 Å². The second-order valence-corrected chi connectivity index (χ2v) is 7.36. The average molecular weight is 418 g/mol. The van der Waals surface area contributed by atoms with Gasteiger partial charge in [0.25, 0.3) is 11.5 Å². The lowest BCUT2D eigenvalue weighted by Gasteiger charge is -2.25. The molecular formula is C23H22N4O4. The lowest BCUT2D eigenvalue weighted by atomic mass is 10.2. The summed E-state index contributed by atoms with van der Waals surface area (Å²) in [4.78, 5) is 34.2. The van der Waals surface area contributed by atoms with Crippen LogP contribution >= 0.6 is 0 Å². The Hall–Kier alpha value is -3.70. The summed E-state index contributed by atoms with van der Waals surface area (Å²) in [6.07, 6.45) is 1.78. The highest BCUT2D eigenvalue weighted by molar-refractivity contribution is 5.78. The summed E-state index contributed by atoms with van der Waals surface area (Å²) in [6, 6.07) is 15.7. The van der Waals surface area contributed by atoms with Gasteiger partial charge >= 0.3 is 0 Å². The molecule has 1 saturated heterocycles. The maximum atomic E-state index is 13.0. The van der Waals surface area contributed by atoms with E-state index in [0.717, 1.165) is 12.8 Å². The Balaban J connectivity index is 1.50. The molecule has 1 aliphatic heterocycles. The summed E-state index contributed by atoms with van der Waals surface area (Å²) < 4.78 is 11.3. The van der Waals surface area contributed by atoms with E-state index in [9.17, 15) is 9.59 Å². The third kappa shape index (κ3) is 5.08. The Kier molecular flexibility index (Phi) is 6.24. The number of carbonyl (C=O) groups is 1. The molecule has 0 unspecified atom stereocenters. The van der Waals surface area contributed by atoms with Gasteiger partial charge in [-0.2, -0.15) is 5.26 Å². The smallest absolute Gasteiger partial charge is 0.261 e. The first-order valence-corrected chi connectivity index (χ1v) is 10.1. The topological polar surface area (TPSA) is 108 Å². The fourth-order valence-corrected chi connectivity index (χ4v) is 3.54. The van der Waals surface area contributed by atoms with Crippen molar-refractivity contribution < 1.29 is 14.3 Å². The van der Waals surface area contributed by atoms with Gasteiger partial charge in [-0.25, -0.2) is 4.98 Å². The van der Waals surface area contributed by atoms with Crippen LogP contribution in [-0.2, 0) is 16.1 Å². The van der Waals surface area contributed by atoms with Gasteiger partial charge < -0.3 is 19.4 Å². The summed E-state index contributed by atoms with van der Waals surface area (Å²) in [6.45, 7) is 1.05. The number of aromatic amines is 1. The van der Waals surface area contributed by atoms with Gasteiger partial charge in [-0.15, -0.1) is 0 Å². The Morgan fingerprint density at radius 1 is 1.26 bits per heavy atom. The van der Waals surface area contributed by atoms with Gasteiger partial charge in [0.15, 0.2) is 6.61 Å². The molecule has 1 atom stereocenters. The molecule has 1 N–H and O–H groups in total. The largest absolute Gasteiger partial charge is 0.484 e. The molecule has 158 valence electrons. The number of nitrogens with one attached hydrogen (secondary N) is 1. The Morgan fingerprint density at radius 2 is 2.06 bits per heavy atom. The van der Waals surface area contributed by atoms with Crippen LogP contribution < -0.4 is 10.3 Å². The number of hydrogen-bond donors (Lipinski definition) is 1. The van der Waals surface area contributed by atoms with E-state index < -0.39 is 0 Å². The number of carbonyl (C=O) groups excluding carboxylic acids is 1. The van der Waals surface area contributed by atoms with E-state index in [-0.39, 0.29) is 30.7 Å². The number of benzene rings is 2. The number of nitriles is 1. The van der Waals surface area contributed by atoms with Crippen LogP contribution in [0.4, 0.5) is 0 Å². The van der Waals surface area contributed by atoms with Crippen molar-refractivity contribution in [2.75, 3.05) is 19.8 Å². The maximum absolute atomic E-state index is 13.0. The van der Waals surface area contributed by atoms with Crippen LogP contribution in [0.15, 0.2) is 53.3 Å². The number of para-hydroxylation sites is 1. The van der Waals surface area contributed by atoms with E-state index in [1.165, 1.54) is 0 Å². The van der Waals surface area contributed by atoms with Gasteiger partial charge in [0.05, 0.1) is 35.2 Å². The zero-order chi connectivity index (χ0) is 21.6. The van der Waals surface area contributed by atoms with E-state index in [0.29, 0.717) is 41.2 Å². The number of nitrogens with zero attached hydrogens (tertiary/aromatic N) is 3. The van der Waals surface area contributed by atoms with Gasteiger partial charge in [-0.3, -0.25) is 9.59 Å². The van der Waals surface area contributed by atoms with E-state index in [1.54, 1.807) is 47.4 Å². The predicted molar refractivity (Wildman–Crippen MR) is 113 cm³/mol. The van der Waals surface area contributed by atoms with Crippen molar-refractivity contribution in [3.8, 4) is 11.8 Å². The molecule has 2 heterocycles. The third-order valence-electron chi connectivity index (χ3n) is 5.15. The first-order valence-electron chi connectivity index (χ1n) is 10.1. The van der Waals surface area contributed by atoms with Crippen LogP contribution in [0.5, 0.6) is 5.75 Å². The van der Waals surface area contributed by atoms with Crippen molar-refractivity contribution in [3.05, 3.63) is 70.3 Å². The van der Waals surface area contributed by atoms with Crippen LogP contribution in [-0.4, -0.2) is 46.6 Å². The number of fused-ring (bicyclic) bond motifs is 1. The predicted octanol–water partition coefficient (Wildman–Crippen LogP) is 2.38. The Labute approximate surface area is 179 Å². The molecule has 31 heavy (non-hydrogen) atoms. The summed E-state index contributed by atoms with van der Waals surface area (Å²) in [5, 5.41) is 9.39. The highest BCUT2D eigenvalue weighted by Gasteiger charge is 2.24. The fourth-order valence-electron chi connectivity index (χ4n) is 3.54. The molecule has 3 aromatic rings. The molecular weight excluding hydrogens is 396 g/mol. The normalized spacial score (nSPS) is 15.5. The zero-order valence-electron chi connectivity index (χ0n) is 16.9. The number of H-pyrrole nitrogens is 1. The molecule has 4 rings (SSSR count). The number of aromatic nitrogens is 2. The van der Waals surface area contributed by atoms with Crippen molar-refractivity contribution in [2.45, 2.75) is 25.5 Å². The van der Waals surface area contributed by atoms with Gasteiger partial charge in [0.1, 0.15) is 11.6 Å². The Bertz CT molecular complexity index is 1160. The molecule has 0 spiro atoms. The van der Waals surface area contributed by atoms with Crippen molar-refractivity contribution in [1.29, 1.82) is 5.26 Å². The molecule has 1 aliphatic rings. The second-order valence-electron chi connectivity index (χ2n) is 7.36. The van der Waals surface area contributed by atoms with E-state index in [2.05, 4.69) is 9.97 Å². The lowest BCUT2D eigenvalue weighted by Crippen LogP contribution is -2.40. The summed E-state index contributed by atoms with van der Waals surface area (Å²) >= 11 is 0. The van der Waals surface area contributed by atoms with Crippen LogP contribution in [0.1, 0.15) is 24.2 Å². The van der Waals surface area contributed by atoms with Crippen LogP contribution in [0, 0.1) is 11.3 Å². The molecule has 1 fully saturated rings. The molecule has 1 amide bonds.